The number of carbonyl (C=O) groups excluding carboxylic acids is 1. The Kier molecular flexibility index (Phi) is 4.55. The van der Waals surface area contributed by atoms with Gasteiger partial charge in [-0.25, -0.2) is 9.59 Å². The summed E-state index contributed by atoms with van der Waals surface area (Å²) in [5, 5.41) is 7.58. The maximum Gasteiger partial charge on any atom is 0.377 e. The van der Waals surface area contributed by atoms with Crippen molar-refractivity contribution in [3.05, 3.63) is 40.8 Å². The fourth-order valence-electron chi connectivity index (χ4n) is 3.05. The molecule has 1 saturated carbocycles. The molecule has 23 heavy (non-hydrogen) atoms. The van der Waals surface area contributed by atoms with Crippen LogP contribution in [0, 0.1) is 0 Å². The number of carbonyl (C=O) groups is 1. The van der Waals surface area contributed by atoms with Crippen LogP contribution < -0.4 is 5.69 Å². The van der Waals surface area contributed by atoms with Crippen molar-refractivity contribution in [2.24, 2.45) is 0 Å². The van der Waals surface area contributed by atoms with E-state index in [9.17, 15) is 9.59 Å². The fourth-order valence-corrected chi connectivity index (χ4v) is 3.05. The van der Waals surface area contributed by atoms with Gasteiger partial charge in [-0.05, 0) is 35.4 Å². The van der Waals surface area contributed by atoms with Crippen LogP contribution in [0.4, 0.5) is 4.79 Å². The topological polar surface area (TPSA) is 73.0 Å². The van der Waals surface area contributed by atoms with E-state index in [-0.39, 0.29) is 6.04 Å². The van der Waals surface area contributed by atoms with E-state index in [1.807, 2.05) is 6.07 Å². The van der Waals surface area contributed by atoms with Crippen molar-refractivity contribution in [3.8, 4) is 5.69 Å². The highest BCUT2D eigenvalue weighted by Gasteiger charge is 2.25. The summed E-state index contributed by atoms with van der Waals surface area (Å²) >= 11 is 0. The average molecular weight is 315 g/mol. The van der Waals surface area contributed by atoms with Gasteiger partial charge < -0.3 is 4.90 Å². The summed E-state index contributed by atoms with van der Waals surface area (Å²) in [7, 11) is 1.74. The first-order valence-corrected chi connectivity index (χ1v) is 8.06. The first-order valence-electron chi connectivity index (χ1n) is 8.06. The number of amides is 1. The summed E-state index contributed by atoms with van der Waals surface area (Å²) in [4.78, 5) is 26.6. The number of para-hydroxylation sites is 1. The molecule has 0 saturated heterocycles. The molecule has 2 aromatic rings. The molecule has 0 atom stereocenters. The largest absolute Gasteiger partial charge is 0.377 e. The molecule has 1 aromatic carbocycles. The van der Waals surface area contributed by atoms with E-state index in [0.29, 0.717) is 5.69 Å². The van der Waals surface area contributed by atoms with E-state index in [1.54, 1.807) is 36.2 Å². The van der Waals surface area contributed by atoms with Gasteiger partial charge in [0.05, 0.1) is 5.69 Å². The van der Waals surface area contributed by atoms with Crippen molar-refractivity contribution >= 4 is 6.03 Å². The lowest BCUT2D eigenvalue weighted by atomic mass is 10.1. The number of aromatic nitrogens is 4. The molecule has 122 valence electrons. The van der Waals surface area contributed by atoms with Crippen LogP contribution in [0.3, 0.4) is 0 Å². The first-order chi connectivity index (χ1) is 11.2. The van der Waals surface area contributed by atoms with Gasteiger partial charge >= 0.3 is 11.7 Å². The summed E-state index contributed by atoms with van der Waals surface area (Å²) in [5.41, 5.74) is 0.0512. The summed E-state index contributed by atoms with van der Waals surface area (Å²) < 4.78 is 1.98. The Bertz CT molecular complexity index is 714. The minimum Gasteiger partial charge on any atom is -0.323 e. The Labute approximate surface area is 134 Å². The third kappa shape index (κ3) is 3.18. The van der Waals surface area contributed by atoms with E-state index in [0.717, 1.165) is 35.0 Å². The Morgan fingerprint density at radius 3 is 2.39 bits per heavy atom. The molecule has 7 nitrogen and oxygen atoms in total. The smallest absolute Gasteiger partial charge is 0.323 e. The normalized spacial score (nSPS) is 16.0. The highest BCUT2D eigenvalue weighted by atomic mass is 16.2. The van der Waals surface area contributed by atoms with Crippen LogP contribution in [-0.2, 0) is 0 Å². The standard InChI is InChI=1S/C16H21N5O2/c1-19(13-9-5-2-3-6-10-13)15(22)21-16(23)20(17-18-21)14-11-7-4-8-12-14/h4,7-8,11-13H,2-3,5-6,9-10H2,1H3. The zero-order chi connectivity index (χ0) is 16.2. The second-order valence-corrected chi connectivity index (χ2v) is 5.96. The summed E-state index contributed by atoms with van der Waals surface area (Å²) in [6.45, 7) is 0. The highest BCUT2D eigenvalue weighted by molar-refractivity contribution is 5.75. The summed E-state index contributed by atoms with van der Waals surface area (Å²) in [6.07, 6.45) is 6.61. The molecule has 0 bridgehead atoms. The average Bonchev–Trinajstić information content (AvgIpc) is 2.79. The van der Waals surface area contributed by atoms with Crippen molar-refractivity contribution in [2.45, 2.75) is 44.6 Å². The SMILES string of the molecule is CN(C(=O)n1nnn(-c2ccccc2)c1=O)C1CCCCCC1. The summed E-state index contributed by atoms with van der Waals surface area (Å²) in [5.74, 6) is 0. The van der Waals surface area contributed by atoms with Gasteiger partial charge in [-0.15, -0.1) is 4.68 Å². The number of benzene rings is 1. The van der Waals surface area contributed by atoms with Gasteiger partial charge in [-0.3, -0.25) is 0 Å². The number of hydrogen-bond acceptors (Lipinski definition) is 4. The van der Waals surface area contributed by atoms with Gasteiger partial charge in [0.15, 0.2) is 0 Å². The Hall–Kier alpha value is -2.44. The minimum atomic E-state index is -0.540. The van der Waals surface area contributed by atoms with Crippen LogP contribution in [0.2, 0.25) is 0 Å². The molecule has 1 aliphatic rings. The van der Waals surface area contributed by atoms with Crippen LogP contribution in [0.25, 0.3) is 5.69 Å². The number of tetrazole rings is 1. The highest BCUT2D eigenvalue weighted by Crippen LogP contribution is 2.21. The molecule has 1 amide bonds. The molecule has 0 aliphatic heterocycles. The number of nitrogens with zero attached hydrogens (tertiary/aromatic N) is 5. The van der Waals surface area contributed by atoms with Crippen LogP contribution in [0.1, 0.15) is 38.5 Å². The number of rotatable bonds is 2. The zero-order valence-corrected chi connectivity index (χ0v) is 13.3. The molecule has 0 N–H and O–H groups in total. The molecule has 0 spiro atoms. The molecule has 0 radical (unpaired) electrons. The van der Waals surface area contributed by atoms with Gasteiger partial charge in [0.25, 0.3) is 0 Å². The minimum absolute atomic E-state index is 0.166. The molecule has 1 heterocycles. The van der Waals surface area contributed by atoms with Gasteiger partial charge in [0.1, 0.15) is 0 Å². The fraction of sp³-hybridized carbons (Fsp3) is 0.500. The first kappa shape index (κ1) is 15.5. The van der Waals surface area contributed by atoms with Crippen molar-refractivity contribution < 1.29 is 4.79 Å². The van der Waals surface area contributed by atoms with E-state index in [4.69, 9.17) is 0 Å². The molecular weight excluding hydrogens is 294 g/mol. The Balaban J connectivity index is 1.83. The maximum atomic E-state index is 12.6. The molecule has 1 aromatic heterocycles. The summed E-state index contributed by atoms with van der Waals surface area (Å²) in [6, 6.07) is 8.72. The predicted molar refractivity (Wildman–Crippen MR) is 85.7 cm³/mol. The van der Waals surface area contributed by atoms with E-state index >= 15 is 0 Å². The van der Waals surface area contributed by atoms with E-state index in [1.165, 1.54) is 12.8 Å². The lowest BCUT2D eigenvalue weighted by Crippen LogP contribution is -2.43. The molecule has 0 unspecified atom stereocenters. The molecule has 7 heteroatoms. The van der Waals surface area contributed by atoms with E-state index in [2.05, 4.69) is 10.4 Å². The van der Waals surface area contributed by atoms with Crippen molar-refractivity contribution in [2.75, 3.05) is 7.05 Å². The third-order valence-corrected chi connectivity index (χ3v) is 4.44. The monoisotopic (exact) mass is 315 g/mol. The van der Waals surface area contributed by atoms with Crippen LogP contribution in [0.5, 0.6) is 0 Å². The van der Waals surface area contributed by atoms with Crippen molar-refractivity contribution in [1.29, 1.82) is 0 Å². The van der Waals surface area contributed by atoms with Crippen molar-refractivity contribution in [3.63, 3.8) is 0 Å². The van der Waals surface area contributed by atoms with E-state index < -0.39 is 11.7 Å². The maximum absolute atomic E-state index is 12.6. The predicted octanol–water partition coefficient (Wildman–Crippen LogP) is 2.05. The van der Waals surface area contributed by atoms with Crippen LogP contribution in [-0.4, -0.2) is 43.8 Å². The molecule has 3 rings (SSSR count). The molecule has 1 fully saturated rings. The lowest BCUT2D eigenvalue weighted by Gasteiger charge is -2.26. The third-order valence-electron chi connectivity index (χ3n) is 4.44. The van der Waals surface area contributed by atoms with Gasteiger partial charge in [-0.2, -0.15) is 4.68 Å². The van der Waals surface area contributed by atoms with Gasteiger partial charge in [0, 0.05) is 13.1 Å². The van der Waals surface area contributed by atoms with Crippen LogP contribution >= 0.6 is 0 Å². The number of hydrogen-bond donors (Lipinski definition) is 0. The Morgan fingerprint density at radius 1 is 1.09 bits per heavy atom. The quantitative estimate of drug-likeness (QED) is 0.628. The van der Waals surface area contributed by atoms with Gasteiger partial charge in [0.2, 0.25) is 0 Å². The second-order valence-electron chi connectivity index (χ2n) is 5.96. The second kappa shape index (κ2) is 6.76. The Morgan fingerprint density at radius 2 is 1.74 bits per heavy atom. The molecule has 1 aliphatic carbocycles. The zero-order valence-electron chi connectivity index (χ0n) is 13.3. The van der Waals surface area contributed by atoms with Crippen LogP contribution in [0.15, 0.2) is 35.1 Å². The lowest BCUT2D eigenvalue weighted by molar-refractivity contribution is 0.181. The van der Waals surface area contributed by atoms with Crippen molar-refractivity contribution in [1.82, 2.24) is 24.7 Å². The van der Waals surface area contributed by atoms with Gasteiger partial charge in [-0.1, -0.05) is 43.9 Å². The molecular formula is C16H21N5O2.